The predicted molar refractivity (Wildman–Crippen MR) is 59.7 cm³/mol. The molecular weight excluding hydrogens is 190 g/mol. The van der Waals surface area contributed by atoms with Gasteiger partial charge < -0.3 is 10.1 Å². The zero-order chi connectivity index (χ0) is 11.1. The summed E-state index contributed by atoms with van der Waals surface area (Å²) in [5.74, 6) is 0. The number of likely N-dealkylation sites (N-methyl/N-ethyl adjacent to an activating group) is 1. The number of nitrogens with zero attached hydrogens (tertiary/aromatic N) is 2. The summed E-state index contributed by atoms with van der Waals surface area (Å²) in [7, 11) is 1.90. The fourth-order valence-electron chi connectivity index (χ4n) is 1.24. The second kappa shape index (κ2) is 6.48. The van der Waals surface area contributed by atoms with Gasteiger partial charge in [-0.2, -0.15) is 0 Å². The molecule has 4 heteroatoms. The van der Waals surface area contributed by atoms with E-state index in [1.165, 1.54) is 0 Å². The lowest BCUT2D eigenvalue weighted by Crippen LogP contribution is -2.23. The van der Waals surface area contributed by atoms with Crippen molar-refractivity contribution in [2.75, 3.05) is 20.3 Å². The van der Waals surface area contributed by atoms with Gasteiger partial charge in [-0.1, -0.05) is 6.92 Å². The van der Waals surface area contributed by atoms with Gasteiger partial charge in [0, 0.05) is 12.8 Å². The van der Waals surface area contributed by atoms with E-state index in [1.807, 2.05) is 14.0 Å². The Labute approximate surface area is 91.1 Å². The van der Waals surface area contributed by atoms with E-state index in [1.54, 1.807) is 12.4 Å². The third kappa shape index (κ3) is 3.93. The minimum absolute atomic E-state index is 0.129. The zero-order valence-corrected chi connectivity index (χ0v) is 9.66. The van der Waals surface area contributed by atoms with Crippen molar-refractivity contribution in [3.63, 3.8) is 0 Å². The molecule has 0 aromatic carbocycles. The van der Waals surface area contributed by atoms with Gasteiger partial charge in [-0.15, -0.1) is 0 Å². The largest absolute Gasteiger partial charge is 0.379 e. The van der Waals surface area contributed by atoms with E-state index < -0.39 is 0 Å². The summed E-state index contributed by atoms with van der Waals surface area (Å²) in [6, 6.07) is 0.129. The van der Waals surface area contributed by atoms with Gasteiger partial charge in [-0.25, -0.2) is 0 Å². The predicted octanol–water partition coefficient (Wildman–Crippen LogP) is 1.47. The van der Waals surface area contributed by atoms with Gasteiger partial charge in [0.2, 0.25) is 0 Å². The van der Waals surface area contributed by atoms with Crippen LogP contribution in [-0.4, -0.2) is 30.2 Å². The lowest BCUT2D eigenvalue weighted by atomic mass is 10.2. The van der Waals surface area contributed by atoms with Crippen LogP contribution in [0.2, 0.25) is 0 Å². The fourth-order valence-corrected chi connectivity index (χ4v) is 1.24. The van der Waals surface area contributed by atoms with Crippen LogP contribution in [0.15, 0.2) is 12.4 Å². The van der Waals surface area contributed by atoms with Gasteiger partial charge in [0.15, 0.2) is 0 Å². The summed E-state index contributed by atoms with van der Waals surface area (Å²) in [4.78, 5) is 8.54. The smallest absolute Gasteiger partial charge is 0.0779 e. The Bertz CT molecular complexity index is 274. The number of hydrogen-bond donors (Lipinski definition) is 1. The monoisotopic (exact) mass is 209 g/mol. The Balaban J connectivity index is 2.53. The lowest BCUT2D eigenvalue weighted by Gasteiger charge is -2.15. The Morgan fingerprint density at radius 2 is 2.20 bits per heavy atom. The quantitative estimate of drug-likeness (QED) is 0.721. The van der Waals surface area contributed by atoms with E-state index in [2.05, 4.69) is 22.2 Å². The molecule has 0 fully saturated rings. The Hall–Kier alpha value is -1.00. The fraction of sp³-hybridized carbons (Fsp3) is 0.636. The third-order valence-corrected chi connectivity index (χ3v) is 2.14. The minimum Gasteiger partial charge on any atom is -0.379 e. The Morgan fingerprint density at radius 1 is 1.40 bits per heavy atom. The Kier molecular flexibility index (Phi) is 5.21. The average molecular weight is 209 g/mol. The van der Waals surface area contributed by atoms with Crippen molar-refractivity contribution in [2.45, 2.75) is 26.3 Å². The number of ether oxygens (including phenoxy) is 1. The van der Waals surface area contributed by atoms with Crippen molar-refractivity contribution in [3.8, 4) is 0 Å². The lowest BCUT2D eigenvalue weighted by molar-refractivity contribution is 0.113. The van der Waals surface area contributed by atoms with Crippen LogP contribution in [0.1, 0.15) is 30.8 Å². The number of aromatic nitrogens is 2. The maximum atomic E-state index is 5.49. The normalized spacial score (nSPS) is 12.7. The van der Waals surface area contributed by atoms with Crippen LogP contribution in [0.25, 0.3) is 0 Å². The highest BCUT2D eigenvalue weighted by atomic mass is 16.5. The molecule has 1 aromatic heterocycles. The molecule has 0 aliphatic carbocycles. The van der Waals surface area contributed by atoms with E-state index in [-0.39, 0.29) is 6.04 Å². The van der Waals surface area contributed by atoms with Crippen molar-refractivity contribution in [1.29, 1.82) is 0 Å². The van der Waals surface area contributed by atoms with Crippen molar-refractivity contribution in [3.05, 3.63) is 23.8 Å². The number of rotatable bonds is 6. The van der Waals surface area contributed by atoms with E-state index >= 15 is 0 Å². The average Bonchev–Trinajstić information content (AvgIpc) is 2.26. The molecule has 15 heavy (non-hydrogen) atoms. The molecular formula is C11H19N3O. The van der Waals surface area contributed by atoms with Gasteiger partial charge in [0.1, 0.15) is 0 Å². The molecule has 4 nitrogen and oxygen atoms in total. The molecule has 1 heterocycles. The molecule has 1 N–H and O–H groups in total. The van der Waals surface area contributed by atoms with Crippen LogP contribution in [0.3, 0.4) is 0 Å². The molecule has 0 saturated carbocycles. The first-order valence-electron chi connectivity index (χ1n) is 5.31. The van der Waals surface area contributed by atoms with Crippen LogP contribution in [-0.2, 0) is 4.74 Å². The van der Waals surface area contributed by atoms with Crippen molar-refractivity contribution >= 4 is 0 Å². The van der Waals surface area contributed by atoms with Gasteiger partial charge in [0.05, 0.1) is 30.2 Å². The van der Waals surface area contributed by atoms with Crippen LogP contribution in [0, 0.1) is 6.92 Å². The summed E-state index contributed by atoms with van der Waals surface area (Å²) in [6.45, 7) is 5.46. The topological polar surface area (TPSA) is 47.0 Å². The first kappa shape index (κ1) is 12.1. The summed E-state index contributed by atoms with van der Waals surface area (Å²) >= 11 is 0. The van der Waals surface area contributed by atoms with Crippen LogP contribution in [0.4, 0.5) is 0 Å². The molecule has 0 amide bonds. The van der Waals surface area contributed by atoms with Crippen LogP contribution >= 0.6 is 0 Å². The second-order valence-electron chi connectivity index (χ2n) is 3.50. The standard InChI is InChI=1S/C11H19N3O/c1-4-5-15-8-11(12-3)10-7-13-9(2)6-14-10/h6-7,11-12H,4-5,8H2,1-3H3. The zero-order valence-electron chi connectivity index (χ0n) is 9.66. The maximum absolute atomic E-state index is 5.49. The minimum atomic E-state index is 0.129. The summed E-state index contributed by atoms with van der Waals surface area (Å²) in [5.41, 5.74) is 1.86. The first-order chi connectivity index (χ1) is 7.27. The second-order valence-corrected chi connectivity index (χ2v) is 3.50. The molecule has 84 valence electrons. The number of hydrogen-bond acceptors (Lipinski definition) is 4. The van der Waals surface area contributed by atoms with Crippen LogP contribution in [0.5, 0.6) is 0 Å². The molecule has 1 atom stereocenters. The van der Waals surface area contributed by atoms with Crippen LogP contribution < -0.4 is 5.32 Å². The highest BCUT2D eigenvalue weighted by molar-refractivity contribution is 5.05. The SMILES string of the molecule is CCCOCC(NC)c1cnc(C)cn1. The molecule has 1 aromatic rings. The van der Waals surface area contributed by atoms with E-state index in [4.69, 9.17) is 4.74 Å². The summed E-state index contributed by atoms with van der Waals surface area (Å²) in [6.07, 6.45) is 4.61. The van der Waals surface area contributed by atoms with Gasteiger partial charge in [0.25, 0.3) is 0 Å². The number of aryl methyl sites for hydroxylation is 1. The molecule has 0 radical (unpaired) electrons. The number of nitrogens with one attached hydrogen (secondary N) is 1. The molecule has 0 bridgehead atoms. The molecule has 0 aliphatic rings. The third-order valence-electron chi connectivity index (χ3n) is 2.14. The molecule has 0 aliphatic heterocycles. The van der Waals surface area contributed by atoms with Gasteiger partial charge in [-0.05, 0) is 20.4 Å². The molecule has 0 saturated heterocycles. The highest BCUT2D eigenvalue weighted by Crippen LogP contribution is 2.08. The molecule has 0 spiro atoms. The summed E-state index contributed by atoms with van der Waals surface area (Å²) < 4.78 is 5.49. The van der Waals surface area contributed by atoms with Gasteiger partial charge in [-0.3, -0.25) is 9.97 Å². The van der Waals surface area contributed by atoms with E-state index in [9.17, 15) is 0 Å². The van der Waals surface area contributed by atoms with Crippen molar-refractivity contribution < 1.29 is 4.74 Å². The Morgan fingerprint density at radius 3 is 2.73 bits per heavy atom. The van der Waals surface area contributed by atoms with Gasteiger partial charge >= 0.3 is 0 Å². The highest BCUT2D eigenvalue weighted by Gasteiger charge is 2.10. The maximum Gasteiger partial charge on any atom is 0.0779 e. The van der Waals surface area contributed by atoms with E-state index in [0.29, 0.717) is 6.61 Å². The van der Waals surface area contributed by atoms with Crippen molar-refractivity contribution in [1.82, 2.24) is 15.3 Å². The first-order valence-corrected chi connectivity index (χ1v) is 5.31. The van der Waals surface area contributed by atoms with E-state index in [0.717, 1.165) is 24.4 Å². The van der Waals surface area contributed by atoms with Crippen molar-refractivity contribution in [2.24, 2.45) is 0 Å². The molecule has 1 unspecified atom stereocenters. The molecule has 1 rings (SSSR count). The summed E-state index contributed by atoms with van der Waals surface area (Å²) in [5, 5.41) is 3.17.